The minimum atomic E-state index is -1.12. The standard InChI is InChI=1S/C29H45NO11/c1-12-29(10,11)41-24(32)36-18(3)17(2)35-23(31)20(30)15-19-13-14-21(37-25(33)39-27(4,5)6)22(16-19)38-26(34)40-28(7,8)9/h13-14,16-18,20H,12,15,30H2,1-11H3/t17-,18?,20-/m0/s1. The van der Waals surface area contributed by atoms with Gasteiger partial charge < -0.3 is 38.9 Å². The van der Waals surface area contributed by atoms with Gasteiger partial charge in [-0.1, -0.05) is 13.0 Å². The lowest BCUT2D eigenvalue weighted by atomic mass is 10.1. The predicted octanol–water partition coefficient (Wildman–Crippen LogP) is 5.85. The highest BCUT2D eigenvalue weighted by atomic mass is 16.8. The van der Waals surface area contributed by atoms with Crippen LogP contribution in [-0.2, 0) is 34.9 Å². The van der Waals surface area contributed by atoms with Crippen LogP contribution in [-0.4, -0.2) is 59.5 Å². The van der Waals surface area contributed by atoms with E-state index in [1.54, 1.807) is 69.2 Å². The second kappa shape index (κ2) is 14.4. The number of hydrogen-bond donors (Lipinski definition) is 1. The Hall–Kier alpha value is -3.54. The number of benzene rings is 1. The molecule has 0 fully saturated rings. The van der Waals surface area contributed by atoms with Gasteiger partial charge in [0.05, 0.1) is 0 Å². The molecule has 0 saturated heterocycles. The Kier molecular flexibility index (Phi) is 12.4. The molecular weight excluding hydrogens is 538 g/mol. The van der Waals surface area contributed by atoms with Gasteiger partial charge in [0, 0.05) is 0 Å². The average Bonchev–Trinajstić information content (AvgIpc) is 2.77. The number of esters is 1. The van der Waals surface area contributed by atoms with Crippen molar-refractivity contribution in [3.8, 4) is 11.5 Å². The maximum atomic E-state index is 12.7. The Labute approximate surface area is 242 Å². The fourth-order valence-electron chi connectivity index (χ4n) is 2.84. The van der Waals surface area contributed by atoms with Gasteiger partial charge in [0.15, 0.2) is 11.5 Å². The van der Waals surface area contributed by atoms with Gasteiger partial charge in [0.2, 0.25) is 0 Å². The number of ether oxygens (including phenoxy) is 7. The normalized spacial score (nSPS) is 14.1. The number of carbonyl (C=O) groups excluding carboxylic acids is 4. The monoisotopic (exact) mass is 583 g/mol. The molecular formula is C29H45NO11. The molecule has 0 radical (unpaired) electrons. The zero-order valence-electron chi connectivity index (χ0n) is 25.9. The van der Waals surface area contributed by atoms with Gasteiger partial charge >= 0.3 is 24.4 Å². The molecule has 1 rings (SSSR count). The van der Waals surface area contributed by atoms with Gasteiger partial charge in [-0.15, -0.1) is 0 Å². The smallest absolute Gasteiger partial charge is 0.458 e. The SMILES string of the molecule is CCC(C)(C)OC(=O)OC(C)[C@H](C)OC(=O)[C@@H](N)Cc1ccc(OC(=O)OC(C)(C)C)c(OC(=O)OC(C)(C)C)c1. The second-order valence-corrected chi connectivity index (χ2v) is 12.2. The van der Waals surface area contributed by atoms with Crippen molar-refractivity contribution in [2.45, 2.75) is 124 Å². The van der Waals surface area contributed by atoms with E-state index in [9.17, 15) is 19.2 Å². The quantitative estimate of drug-likeness (QED) is 0.199. The maximum Gasteiger partial charge on any atom is 0.514 e. The molecule has 2 N–H and O–H groups in total. The molecule has 12 heteroatoms. The Morgan fingerprint density at radius 2 is 1.22 bits per heavy atom. The van der Waals surface area contributed by atoms with E-state index in [0.29, 0.717) is 12.0 Å². The first-order valence-corrected chi connectivity index (χ1v) is 13.4. The van der Waals surface area contributed by atoms with Crippen LogP contribution in [0.4, 0.5) is 14.4 Å². The summed E-state index contributed by atoms with van der Waals surface area (Å²) in [4.78, 5) is 49.3. The Morgan fingerprint density at radius 3 is 1.71 bits per heavy atom. The van der Waals surface area contributed by atoms with Crippen molar-refractivity contribution in [3.63, 3.8) is 0 Å². The molecule has 0 saturated carbocycles. The van der Waals surface area contributed by atoms with Crippen molar-refractivity contribution in [1.29, 1.82) is 0 Å². The van der Waals surface area contributed by atoms with Crippen LogP contribution in [0.25, 0.3) is 0 Å². The summed E-state index contributed by atoms with van der Waals surface area (Å²) in [7, 11) is 0. The van der Waals surface area contributed by atoms with Crippen molar-refractivity contribution in [2.75, 3.05) is 0 Å². The van der Waals surface area contributed by atoms with E-state index in [1.807, 2.05) is 6.92 Å². The summed E-state index contributed by atoms with van der Waals surface area (Å²) in [6.07, 6.45) is -3.96. The van der Waals surface area contributed by atoms with Crippen LogP contribution < -0.4 is 15.2 Å². The molecule has 0 heterocycles. The van der Waals surface area contributed by atoms with Crippen LogP contribution in [0.5, 0.6) is 11.5 Å². The second-order valence-electron chi connectivity index (χ2n) is 12.2. The van der Waals surface area contributed by atoms with Crippen LogP contribution in [0.3, 0.4) is 0 Å². The summed E-state index contributed by atoms with van der Waals surface area (Å²) < 4.78 is 36.8. The van der Waals surface area contributed by atoms with Crippen molar-refractivity contribution in [3.05, 3.63) is 23.8 Å². The van der Waals surface area contributed by atoms with Gasteiger partial charge in [0.1, 0.15) is 35.1 Å². The first-order chi connectivity index (χ1) is 18.6. The lowest BCUT2D eigenvalue weighted by Crippen LogP contribution is -2.40. The largest absolute Gasteiger partial charge is 0.514 e. The van der Waals surface area contributed by atoms with Gasteiger partial charge in [-0.3, -0.25) is 4.79 Å². The highest BCUT2D eigenvalue weighted by Gasteiger charge is 2.28. The maximum absolute atomic E-state index is 12.7. The minimum Gasteiger partial charge on any atom is -0.458 e. The molecule has 0 aliphatic carbocycles. The summed E-state index contributed by atoms with van der Waals surface area (Å²) in [6, 6.07) is 3.17. The van der Waals surface area contributed by atoms with Crippen molar-refractivity contribution < 1.29 is 52.3 Å². The third kappa shape index (κ3) is 14.1. The van der Waals surface area contributed by atoms with Gasteiger partial charge in [-0.05, 0) is 99.8 Å². The van der Waals surface area contributed by atoms with Gasteiger partial charge in [-0.2, -0.15) is 0 Å². The van der Waals surface area contributed by atoms with Crippen molar-refractivity contribution in [1.82, 2.24) is 0 Å². The molecule has 0 amide bonds. The Morgan fingerprint density at radius 1 is 0.732 bits per heavy atom. The molecule has 1 aromatic carbocycles. The third-order valence-electron chi connectivity index (χ3n) is 5.39. The fourth-order valence-corrected chi connectivity index (χ4v) is 2.84. The zero-order chi connectivity index (χ0) is 31.8. The van der Waals surface area contributed by atoms with E-state index in [1.165, 1.54) is 18.2 Å². The summed E-state index contributed by atoms with van der Waals surface area (Å²) in [5.74, 6) is -1.01. The van der Waals surface area contributed by atoms with Crippen molar-refractivity contribution in [2.24, 2.45) is 5.73 Å². The van der Waals surface area contributed by atoms with Crippen molar-refractivity contribution >= 4 is 24.4 Å². The molecule has 12 nitrogen and oxygen atoms in total. The Balaban J connectivity index is 2.97. The van der Waals surface area contributed by atoms with E-state index >= 15 is 0 Å². The molecule has 0 aliphatic heterocycles. The van der Waals surface area contributed by atoms with Crippen LogP contribution in [0.15, 0.2) is 18.2 Å². The molecule has 3 atom stereocenters. The molecule has 1 unspecified atom stereocenters. The zero-order valence-corrected chi connectivity index (χ0v) is 25.9. The molecule has 0 spiro atoms. The Bertz CT molecular complexity index is 1070. The van der Waals surface area contributed by atoms with Crippen LogP contribution in [0, 0.1) is 0 Å². The van der Waals surface area contributed by atoms with E-state index in [0.717, 1.165) is 0 Å². The van der Waals surface area contributed by atoms with E-state index < -0.39 is 59.5 Å². The molecule has 41 heavy (non-hydrogen) atoms. The van der Waals surface area contributed by atoms with Crippen LogP contribution >= 0.6 is 0 Å². The molecule has 0 aliphatic rings. The first kappa shape index (κ1) is 35.5. The summed E-state index contributed by atoms with van der Waals surface area (Å²) in [6.45, 7) is 18.5. The first-order valence-electron chi connectivity index (χ1n) is 13.4. The number of rotatable bonds is 10. The third-order valence-corrected chi connectivity index (χ3v) is 5.39. The fraction of sp³-hybridized carbons (Fsp3) is 0.655. The average molecular weight is 584 g/mol. The highest BCUT2D eigenvalue weighted by molar-refractivity contribution is 5.76. The summed E-state index contributed by atoms with van der Waals surface area (Å²) in [5.41, 5.74) is 4.19. The predicted molar refractivity (Wildman–Crippen MR) is 149 cm³/mol. The van der Waals surface area contributed by atoms with E-state index in [4.69, 9.17) is 38.9 Å². The molecule has 0 bridgehead atoms. The molecule has 232 valence electrons. The van der Waals surface area contributed by atoms with Gasteiger partial charge in [0.25, 0.3) is 0 Å². The van der Waals surface area contributed by atoms with E-state index in [2.05, 4.69) is 0 Å². The molecule has 0 aromatic heterocycles. The minimum absolute atomic E-state index is 0.0229. The number of nitrogens with two attached hydrogens (primary N) is 1. The summed E-state index contributed by atoms with van der Waals surface area (Å²) >= 11 is 0. The number of carbonyl (C=O) groups is 4. The summed E-state index contributed by atoms with van der Waals surface area (Å²) in [5, 5.41) is 0. The van der Waals surface area contributed by atoms with Crippen LogP contribution in [0.1, 0.15) is 88.1 Å². The topological polar surface area (TPSA) is 159 Å². The number of hydrogen-bond acceptors (Lipinski definition) is 12. The lowest BCUT2D eigenvalue weighted by Gasteiger charge is -2.26. The van der Waals surface area contributed by atoms with Crippen LogP contribution in [0.2, 0.25) is 0 Å². The molecule has 1 aromatic rings. The van der Waals surface area contributed by atoms with Gasteiger partial charge in [-0.25, -0.2) is 14.4 Å². The van der Waals surface area contributed by atoms with E-state index in [-0.39, 0.29) is 17.9 Å². The lowest BCUT2D eigenvalue weighted by molar-refractivity contribution is -0.156. The highest BCUT2D eigenvalue weighted by Crippen LogP contribution is 2.31.